The van der Waals surface area contributed by atoms with Gasteiger partial charge in [0.15, 0.2) is 0 Å². The maximum absolute atomic E-state index is 11.2. The highest BCUT2D eigenvalue weighted by Crippen LogP contribution is 2.35. The molecule has 0 amide bonds. The summed E-state index contributed by atoms with van der Waals surface area (Å²) in [6.07, 6.45) is -0.135. The lowest BCUT2D eigenvalue weighted by molar-refractivity contribution is -0.136. The predicted octanol–water partition coefficient (Wildman–Crippen LogP) is 3.92. The molecule has 0 aliphatic carbocycles. The summed E-state index contributed by atoms with van der Waals surface area (Å²) in [5.74, 6) is -1.01. The highest BCUT2D eigenvalue weighted by Gasteiger charge is 2.18. The average Bonchev–Trinajstić information content (AvgIpc) is 3.07. The van der Waals surface area contributed by atoms with Crippen molar-refractivity contribution in [3.63, 3.8) is 0 Å². The third kappa shape index (κ3) is 2.84. The van der Waals surface area contributed by atoms with Crippen molar-refractivity contribution in [2.75, 3.05) is 0 Å². The molecule has 0 saturated heterocycles. The zero-order valence-electron chi connectivity index (χ0n) is 12.7. The summed E-state index contributed by atoms with van der Waals surface area (Å²) in [6, 6.07) is 7.07. The number of hydrogen-bond donors (Lipinski definition) is 2. The van der Waals surface area contributed by atoms with Crippen molar-refractivity contribution in [2.24, 2.45) is 0 Å². The number of nitrogens with zero attached hydrogens (tertiary/aromatic N) is 2. The minimum Gasteiger partial charge on any atom is -0.506 e. The maximum Gasteiger partial charge on any atom is 0.307 e. The molecule has 0 aliphatic heterocycles. The van der Waals surface area contributed by atoms with Gasteiger partial charge in [-0.05, 0) is 41.6 Å². The van der Waals surface area contributed by atoms with E-state index < -0.39 is 5.97 Å². The van der Waals surface area contributed by atoms with Crippen LogP contribution < -0.4 is 0 Å². The molecule has 0 atom stereocenters. The minimum atomic E-state index is -0.936. The van der Waals surface area contributed by atoms with Gasteiger partial charge in [0.2, 0.25) is 0 Å². The monoisotopic (exact) mass is 360 g/mol. The summed E-state index contributed by atoms with van der Waals surface area (Å²) in [7, 11) is 0. The number of carbonyl (C=O) groups is 1. The first-order chi connectivity index (χ1) is 11.4. The lowest BCUT2D eigenvalue weighted by Gasteiger charge is -2.08. The summed E-state index contributed by atoms with van der Waals surface area (Å²) >= 11 is 7.40. The highest BCUT2D eigenvalue weighted by molar-refractivity contribution is 7.10. The van der Waals surface area contributed by atoms with Crippen LogP contribution in [0.1, 0.15) is 21.7 Å². The van der Waals surface area contributed by atoms with Gasteiger partial charge in [-0.2, -0.15) is 5.26 Å². The smallest absolute Gasteiger partial charge is 0.307 e. The summed E-state index contributed by atoms with van der Waals surface area (Å²) < 4.78 is 1.96. The first kappa shape index (κ1) is 16.4. The van der Waals surface area contributed by atoms with Crippen LogP contribution in [-0.4, -0.2) is 20.7 Å². The van der Waals surface area contributed by atoms with Gasteiger partial charge >= 0.3 is 5.97 Å². The van der Waals surface area contributed by atoms with Gasteiger partial charge in [-0.25, -0.2) is 0 Å². The number of thiophene rings is 1. The van der Waals surface area contributed by atoms with E-state index in [4.69, 9.17) is 16.9 Å². The average molecular weight is 361 g/mol. The van der Waals surface area contributed by atoms with E-state index in [1.165, 1.54) is 17.4 Å². The van der Waals surface area contributed by atoms with Crippen molar-refractivity contribution in [1.82, 2.24) is 4.57 Å². The molecular weight excluding hydrogens is 348 g/mol. The van der Waals surface area contributed by atoms with Gasteiger partial charge in [0.1, 0.15) is 16.7 Å². The van der Waals surface area contributed by atoms with Crippen LogP contribution in [0.25, 0.3) is 10.9 Å². The number of nitriles is 1. The number of carboxylic acids is 1. The Morgan fingerprint density at radius 2 is 2.17 bits per heavy atom. The molecule has 2 N–H and O–H groups in total. The number of hydrogen-bond acceptors (Lipinski definition) is 4. The van der Waals surface area contributed by atoms with Gasteiger partial charge in [-0.1, -0.05) is 11.6 Å². The van der Waals surface area contributed by atoms with Crippen LogP contribution >= 0.6 is 22.9 Å². The molecule has 0 spiro atoms. The number of aromatic hydroxyl groups is 1. The van der Waals surface area contributed by atoms with Gasteiger partial charge in [0, 0.05) is 17.6 Å². The predicted molar refractivity (Wildman–Crippen MR) is 92.8 cm³/mol. The second-order valence-corrected chi connectivity index (χ2v) is 6.79. The molecule has 0 unspecified atom stereocenters. The van der Waals surface area contributed by atoms with Crippen LogP contribution in [0, 0.1) is 18.3 Å². The van der Waals surface area contributed by atoms with Crippen LogP contribution in [-0.2, 0) is 17.8 Å². The van der Waals surface area contributed by atoms with E-state index >= 15 is 0 Å². The molecular formula is C17H13ClN2O3S. The van der Waals surface area contributed by atoms with E-state index in [-0.39, 0.29) is 17.2 Å². The Bertz CT molecular complexity index is 998. The molecule has 3 aromatic rings. The summed E-state index contributed by atoms with van der Waals surface area (Å²) in [5, 5.41) is 30.8. The summed E-state index contributed by atoms with van der Waals surface area (Å²) in [5.41, 5.74) is 3.18. The Kier molecular flexibility index (Phi) is 4.22. The van der Waals surface area contributed by atoms with E-state index in [9.17, 15) is 15.0 Å². The third-order valence-corrected chi connectivity index (χ3v) is 5.14. The Morgan fingerprint density at radius 1 is 1.42 bits per heavy atom. The number of aliphatic carboxylic acids is 1. The van der Waals surface area contributed by atoms with E-state index in [1.807, 2.05) is 22.9 Å². The highest BCUT2D eigenvalue weighted by atomic mass is 35.5. The molecule has 0 fully saturated rings. The number of phenols is 1. The maximum atomic E-state index is 11.2. The molecule has 24 heavy (non-hydrogen) atoms. The second kappa shape index (κ2) is 6.19. The number of halogens is 1. The molecule has 5 nitrogen and oxygen atoms in total. The van der Waals surface area contributed by atoms with Crippen LogP contribution in [0.4, 0.5) is 0 Å². The zero-order chi connectivity index (χ0) is 17.4. The minimum absolute atomic E-state index is 0.0738. The van der Waals surface area contributed by atoms with Gasteiger partial charge in [-0.3, -0.25) is 4.79 Å². The van der Waals surface area contributed by atoms with Crippen LogP contribution in [0.2, 0.25) is 5.02 Å². The van der Waals surface area contributed by atoms with E-state index in [1.54, 1.807) is 6.07 Å². The Labute approximate surface area is 147 Å². The van der Waals surface area contributed by atoms with Crippen molar-refractivity contribution in [3.05, 3.63) is 50.3 Å². The number of phenolic OH excluding ortho intramolecular Hbond substituents is 1. The van der Waals surface area contributed by atoms with Crippen LogP contribution in [0.15, 0.2) is 23.6 Å². The standard InChI is InChI=1S/C17H13ClN2O3S/c1-9-12(4-17(22)23)13-3-16(21)14(18)5-15(13)20(9)7-10-2-11(6-19)24-8-10/h2-3,5,8,21H,4,7H2,1H3,(H,22,23). The lowest BCUT2D eigenvalue weighted by atomic mass is 10.1. The topological polar surface area (TPSA) is 86.2 Å². The van der Waals surface area contributed by atoms with Crippen molar-refractivity contribution in [1.29, 1.82) is 5.26 Å². The fourth-order valence-corrected chi connectivity index (χ4v) is 3.68. The normalized spacial score (nSPS) is 10.9. The molecule has 1 aromatic carbocycles. The van der Waals surface area contributed by atoms with E-state index in [0.717, 1.165) is 16.8 Å². The van der Waals surface area contributed by atoms with Crippen LogP contribution in [0.3, 0.4) is 0 Å². The number of carboxylic acid groups (broad SMARTS) is 1. The molecule has 122 valence electrons. The molecule has 0 bridgehead atoms. The summed E-state index contributed by atoms with van der Waals surface area (Å²) in [4.78, 5) is 11.8. The van der Waals surface area contributed by atoms with Crippen molar-refractivity contribution >= 4 is 39.8 Å². The quantitative estimate of drug-likeness (QED) is 0.738. The Morgan fingerprint density at radius 3 is 2.79 bits per heavy atom. The van der Waals surface area contributed by atoms with Gasteiger partial charge in [0.25, 0.3) is 0 Å². The van der Waals surface area contributed by atoms with Gasteiger partial charge < -0.3 is 14.8 Å². The first-order valence-electron chi connectivity index (χ1n) is 7.10. The molecule has 3 rings (SSSR count). The third-order valence-electron chi connectivity index (χ3n) is 3.96. The van der Waals surface area contributed by atoms with E-state index in [2.05, 4.69) is 6.07 Å². The largest absolute Gasteiger partial charge is 0.506 e. The fourth-order valence-electron chi connectivity index (χ4n) is 2.83. The molecule has 7 heteroatoms. The Balaban J connectivity index is 2.18. The summed E-state index contributed by atoms with van der Waals surface area (Å²) in [6.45, 7) is 2.35. The van der Waals surface area contributed by atoms with Crippen molar-refractivity contribution in [3.8, 4) is 11.8 Å². The van der Waals surface area contributed by atoms with Gasteiger partial charge in [0.05, 0.1) is 17.0 Å². The fraction of sp³-hybridized carbons (Fsp3) is 0.176. The Hall–Kier alpha value is -2.49. The molecule has 0 radical (unpaired) electrons. The number of rotatable bonds is 4. The molecule has 2 aromatic heterocycles. The van der Waals surface area contributed by atoms with Crippen LogP contribution in [0.5, 0.6) is 5.75 Å². The van der Waals surface area contributed by atoms with Crippen molar-refractivity contribution < 1.29 is 15.0 Å². The molecule has 2 heterocycles. The van der Waals surface area contributed by atoms with E-state index in [0.29, 0.717) is 22.4 Å². The number of benzene rings is 1. The van der Waals surface area contributed by atoms with Crippen molar-refractivity contribution in [2.45, 2.75) is 19.9 Å². The zero-order valence-corrected chi connectivity index (χ0v) is 14.3. The lowest BCUT2D eigenvalue weighted by Crippen LogP contribution is -2.04. The van der Waals surface area contributed by atoms with Gasteiger partial charge in [-0.15, -0.1) is 11.3 Å². The molecule has 0 aliphatic rings. The number of fused-ring (bicyclic) bond motifs is 1. The number of aromatic nitrogens is 1. The first-order valence-corrected chi connectivity index (χ1v) is 8.36. The second-order valence-electron chi connectivity index (χ2n) is 5.47. The molecule has 0 saturated carbocycles. The SMILES string of the molecule is Cc1c(CC(=O)O)c2cc(O)c(Cl)cc2n1Cc1csc(C#N)c1.